The molecule has 0 bridgehead atoms. The molecule has 0 amide bonds. The van der Waals surface area contributed by atoms with E-state index in [0.717, 1.165) is 77.4 Å². The molecule has 3 radical (unpaired) electrons. The molecule has 0 aromatic rings. The van der Waals surface area contributed by atoms with Crippen LogP contribution in [0.25, 0.3) is 0 Å². The lowest BCUT2D eigenvalue weighted by molar-refractivity contribution is -0.252. The van der Waals surface area contributed by atoms with E-state index < -0.39 is 23.2 Å². The third-order valence-electron chi connectivity index (χ3n) is 17.1. The van der Waals surface area contributed by atoms with E-state index in [1.54, 1.807) is 19.8 Å². The van der Waals surface area contributed by atoms with E-state index in [0.29, 0.717) is 31.1 Å². The molecule has 3 saturated heterocycles. The number of morpholine rings is 1. The first-order valence-corrected chi connectivity index (χ1v) is 20.5. The second kappa shape index (κ2) is 11.8. The summed E-state index contributed by atoms with van der Waals surface area (Å²) in [6, 6.07) is 0.503. The smallest absolute Gasteiger partial charge is 0.309 e. The molecule has 11 atom stereocenters. The van der Waals surface area contributed by atoms with Gasteiger partial charge in [0.25, 0.3) is 0 Å². The molecule has 9 nitrogen and oxygen atoms in total. The van der Waals surface area contributed by atoms with E-state index in [9.17, 15) is 15.0 Å². The highest BCUT2D eigenvalue weighted by atomic mass is 16.7. The molecule has 3 heterocycles. The van der Waals surface area contributed by atoms with Gasteiger partial charge in [0.15, 0.2) is 12.4 Å². The summed E-state index contributed by atoms with van der Waals surface area (Å²) in [7, 11) is 0. The zero-order chi connectivity index (χ0) is 35.9. The SMILES string of the molecule is C[C@@H]1C[C]([C@H](OC(=O)C2CCC2)C(C)(C)O)O[C]2[C@H]1[C@@]1(C)CC[C@@]34C[C@@]35CC[C@H](O[C@H]3CN(C6COC6)CCO3)C(C)(C)[C@@H]5CC[C]4[C@]1(C)[C@H]2O. The van der Waals surface area contributed by atoms with Gasteiger partial charge in [0.2, 0.25) is 0 Å². The predicted molar refractivity (Wildman–Crippen MR) is 189 cm³/mol. The fourth-order valence-corrected chi connectivity index (χ4v) is 14.0. The third-order valence-corrected chi connectivity index (χ3v) is 17.1. The molecule has 51 heavy (non-hydrogen) atoms. The third kappa shape index (κ3) is 4.92. The van der Waals surface area contributed by atoms with Crippen LogP contribution in [0.5, 0.6) is 0 Å². The Labute approximate surface area is 306 Å². The zero-order valence-corrected chi connectivity index (χ0v) is 32.3. The molecule has 0 unspecified atom stereocenters. The van der Waals surface area contributed by atoms with Crippen molar-refractivity contribution < 1.29 is 38.7 Å². The van der Waals surface area contributed by atoms with E-state index >= 15 is 0 Å². The number of carbonyl (C=O) groups excluding carboxylic acids is 1. The van der Waals surface area contributed by atoms with Gasteiger partial charge in [-0.2, -0.15) is 0 Å². The van der Waals surface area contributed by atoms with Crippen LogP contribution in [0.15, 0.2) is 0 Å². The Balaban J connectivity index is 0.942. The first-order chi connectivity index (χ1) is 24.1. The van der Waals surface area contributed by atoms with E-state index in [1.165, 1.54) is 19.3 Å². The van der Waals surface area contributed by atoms with Crippen molar-refractivity contribution in [3.8, 4) is 0 Å². The summed E-state index contributed by atoms with van der Waals surface area (Å²) >= 11 is 0. The van der Waals surface area contributed by atoms with Crippen molar-refractivity contribution in [1.29, 1.82) is 0 Å². The van der Waals surface area contributed by atoms with Crippen LogP contribution in [-0.4, -0.2) is 90.2 Å². The van der Waals surface area contributed by atoms with E-state index in [2.05, 4.69) is 39.5 Å². The average molecular weight is 711 g/mol. The van der Waals surface area contributed by atoms with E-state index in [4.69, 9.17) is 23.7 Å². The number of nitrogens with zero attached hydrogens (tertiary/aromatic N) is 1. The summed E-state index contributed by atoms with van der Waals surface area (Å²) < 4.78 is 31.5. The molecule has 6 saturated carbocycles. The standard InChI is InChI=1S/C42H64NO8/c1-24-19-27(35(38(4,5)46)51-36(45)25-9-8-10-25)49-33-32(24)39(6)15-16-42-23-41(42)14-13-30(50-31-20-43(17-18-48-31)26-21-47-22-26)37(2,3)28(41)11-12-29(42)40(39,7)34(33)44/h24-26,28,30-32,34-35,44,46H,8-23H2,1-7H3/t24-,28+,30+,31+,32+,34+,35+,39-,40-,41-,42+/m1/s1. The second-order valence-corrected chi connectivity index (χ2v) is 20.2. The summed E-state index contributed by atoms with van der Waals surface area (Å²) in [5.74, 6) is 2.14. The first-order valence-electron chi connectivity index (χ1n) is 20.5. The number of ether oxygens (including phenoxy) is 5. The van der Waals surface area contributed by atoms with Crippen molar-refractivity contribution in [2.75, 3.05) is 32.9 Å². The second-order valence-electron chi connectivity index (χ2n) is 20.2. The molecule has 0 aromatic carbocycles. The van der Waals surface area contributed by atoms with Crippen LogP contribution in [0.3, 0.4) is 0 Å². The maximum Gasteiger partial charge on any atom is 0.309 e. The normalized spacial score (nSPS) is 48.3. The molecule has 6 aliphatic carbocycles. The predicted octanol–water partition coefficient (Wildman–Crippen LogP) is 6.01. The topological polar surface area (TPSA) is 107 Å². The number of aliphatic hydroxyl groups excluding tert-OH is 1. The van der Waals surface area contributed by atoms with Crippen molar-refractivity contribution in [3.63, 3.8) is 0 Å². The molecule has 9 rings (SSSR count). The Morgan fingerprint density at radius 1 is 1.06 bits per heavy atom. The van der Waals surface area contributed by atoms with Gasteiger partial charge in [-0.1, -0.05) is 41.0 Å². The minimum absolute atomic E-state index is 0.0295. The van der Waals surface area contributed by atoms with Crippen LogP contribution in [0.1, 0.15) is 119 Å². The summed E-state index contributed by atoms with van der Waals surface area (Å²) in [5, 5.41) is 23.9. The van der Waals surface area contributed by atoms with Crippen LogP contribution < -0.4 is 0 Å². The molecule has 2 N–H and O–H groups in total. The summed E-state index contributed by atoms with van der Waals surface area (Å²) in [6.07, 6.45) is 10.9. The molecule has 9 heteroatoms. The molecule has 9 fully saturated rings. The fourth-order valence-electron chi connectivity index (χ4n) is 14.0. The summed E-state index contributed by atoms with van der Waals surface area (Å²) in [6.45, 7) is 19.5. The van der Waals surface area contributed by atoms with Gasteiger partial charge < -0.3 is 33.9 Å². The Bertz CT molecular complexity index is 1370. The lowest BCUT2D eigenvalue weighted by atomic mass is 9.41. The van der Waals surface area contributed by atoms with Gasteiger partial charge in [-0.15, -0.1) is 0 Å². The zero-order valence-electron chi connectivity index (χ0n) is 32.3. The molecule has 2 spiro atoms. The van der Waals surface area contributed by atoms with E-state index in [1.807, 2.05) is 0 Å². The van der Waals surface area contributed by atoms with Crippen LogP contribution in [0.2, 0.25) is 0 Å². The van der Waals surface area contributed by atoms with Crippen LogP contribution in [0, 0.1) is 68.9 Å². The molecule has 9 aliphatic rings. The fraction of sp³-hybridized carbons (Fsp3) is 0.905. The van der Waals surface area contributed by atoms with Crippen LogP contribution >= 0.6 is 0 Å². The molecule has 285 valence electrons. The molecule has 3 aliphatic heterocycles. The minimum atomic E-state index is -1.30. The number of hydrogen-bond donors (Lipinski definition) is 2. The van der Waals surface area contributed by atoms with Gasteiger partial charge in [-0.05, 0) is 117 Å². The van der Waals surface area contributed by atoms with Gasteiger partial charge >= 0.3 is 5.97 Å². The highest BCUT2D eigenvalue weighted by Crippen LogP contribution is 2.90. The molecular weight excluding hydrogens is 646 g/mol. The lowest BCUT2D eigenvalue weighted by Gasteiger charge is -2.63. The maximum atomic E-state index is 13.1. The Kier molecular flexibility index (Phi) is 8.33. The van der Waals surface area contributed by atoms with Crippen molar-refractivity contribution in [1.82, 2.24) is 4.90 Å². The van der Waals surface area contributed by atoms with Crippen molar-refractivity contribution in [3.05, 3.63) is 18.1 Å². The quantitative estimate of drug-likeness (QED) is 0.308. The monoisotopic (exact) mass is 710 g/mol. The first kappa shape index (κ1) is 35.9. The number of rotatable bonds is 7. The Hall–Kier alpha value is -0.810. The minimum Gasteiger partial charge on any atom is -0.456 e. The summed E-state index contributed by atoms with van der Waals surface area (Å²) in [5.41, 5.74) is -1.39. The van der Waals surface area contributed by atoms with Crippen LogP contribution in [0.4, 0.5) is 0 Å². The van der Waals surface area contributed by atoms with Crippen molar-refractivity contribution in [2.45, 2.75) is 155 Å². The van der Waals surface area contributed by atoms with Gasteiger partial charge in [-0.3, -0.25) is 9.69 Å². The number of esters is 1. The van der Waals surface area contributed by atoms with Gasteiger partial charge in [0, 0.05) is 17.9 Å². The lowest BCUT2D eigenvalue weighted by Crippen LogP contribution is -2.60. The molecule has 0 aromatic heterocycles. The van der Waals surface area contributed by atoms with Gasteiger partial charge in [-0.25, -0.2) is 0 Å². The average Bonchev–Trinajstić information content (AvgIpc) is 3.64. The number of aliphatic hydroxyl groups is 2. The number of fused-ring (bicyclic) bond motifs is 4. The van der Waals surface area contributed by atoms with Crippen molar-refractivity contribution >= 4 is 5.97 Å². The number of carbonyl (C=O) groups is 1. The van der Waals surface area contributed by atoms with Crippen LogP contribution in [-0.2, 0) is 28.5 Å². The maximum absolute atomic E-state index is 13.1. The van der Waals surface area contributed by atoms with Gasteiger partial charge in [0.05, 0.1) is 56.1 Å². The largest absolute Gasteiger partial charge is 0.456 e. The highest BCUT2D eigenvalue weighted by molar-refractivity contribution is 5.73. The highest BCUT2D eigenvalue weighted by Gasteiger charge is 2.85. The Morgan fingerprint density at radius 3 is 2.49 bits per heavy atom. The number of hydrogen-bond acceptors (Lipinski definition) is 9. The Morgan fingerprint density at radius 2 is 1.82 bits per heavy atom. The van der Waals surface area contributed by atoms with Crippen molar-refractivity contribution in [2.24, 2.45) is 50.7 Å². The molecular formula is C42H64NO8. The van der Waals surface area contributed by atoms with Gasteiger partial charge in [0.1, 0.15) is 12.2 Å². The van der Waals surface area contributed by atoms with E-state index in [-0.39, 0.29) is 57.8 Å². The summed E-state index contributed by atoms with van der Waals surface area (Å²) in [4.78, 5) is 15.5.